The molecule has 7 nitrogen and oxygen atoms in total. The Labute approximate surface area is 185 Å². The van der Waals surface area contributed by atoms with Crippen molar-refractivity contribution in [2.24, 2.45) is 5.92 Å². The zero-order valence-corrected chi connectivity index (χ0v) is 20.0. The summed E-state index contributed by atoms with van der Waals surface area (Å²) in [6.45, 7) is 9.31. The Balaban J connectivity index is 1.67. The van der Waals surface area contributed by atoms with Gasteiger partial charge in [-0.25, -0.2) is 9.59 Å². The van der Waals surface area contributed by atoms with Crippen LogP contribution >= 0.6 is 15.9 Å². The third-order valence-corrected chi connectivity index (χ3v) is 6.23. The number of fused-ring (bicyclic) bond motifs is 1. The number of rotatable bonds is 3. The Morgan fingerprint density at radius 2 is 1.77 bits per heavy atom. The molecule has 166 valence electrons. The van der Waals surface area contributed by atoms with Gasteiger partial charge in [-0.2, -0.15) is 0 Å². The van der Waals surface area contributed by atoms with Crippen LogP contribution in [0.15, 0.2) is 10.5 Å². The lowest BCUT2D eigenvalue weighted by molar-refractivity contribution is -0.121. The van der Waals surface area contributed by atoms with Crippen LogP contribution in [0.1, 0.15) is 69.3 Å². The normalized spacial score (nSPS) is 25.6. The predicted molar refractivity (Wildman–Crippen MR) is 115 cm³/mol. The summed E-state index contributed by atoms with van der Waals surface area (Å²) in [7, 11) is 1.36. The molecule has 1 N–H and O–H groups in total. The first-order valence-corrected chi connectivity index (χ1v) is 11.0. The smallest absolute Gasteiger partial charge is 0.407 e. The molecule has 0 aromatic heterocycles. The number of carbonyl (C=O) groups excluding carboxylic acids is 2. The number of benzene rings is 1. The zero-order valence-electron chi connectivity index (χ0n) is 18.4. The minimum Gasteiger partial charge on any atom is -0.465 e. The van der Waals surface area contributed by atoms with E-state index in [1.165, 1.54) is 7.11 Å². The lowest BCUT2D eigenvalue weighted by Gasteiger charge is -2.37. The molecule has 1 aliphatic heterocycles. The molecule has 1 saturated carbocycles. The van der Waals surface area contributed by atoms with Gasteiger partial charge >= 0.3 is 12.1 Å². The van der Waals surface area contributed by atoms with Crippen molar-refractivity contribution in [1.29, 1.82) is 0 Å². The maximum Gasteiger partial charge on any atom is 0.407 e. The number of hydrogen-bond donors (Lipinski definition) is 1. The van der Waals surface area contributed by atoms with Gasteiger partial charge in [-0.1, -0.05) is 0 Å². The van der Waals surface area contributed by atoms with Gasteiger partial charge in [-0.15, -0.1) is 0 Å². The van der Waals surface area contributed by atoms with E-state index in [2.05, 4.69) is 21.2 Å². The van der Waals surface area contributed by atoms with E-state index in [0.717, 1.165) is 25.7 Å². The van der Waals surface area contributed by atoms with Crippen LogP contribution in [0.25, 0.3) is 0 Å². The van der Waals surface area contributed by atoms with Crippen LogP contribution in [0, 0.1) is 12.8 Å². The molecule has 1 atom stereocenters. The Bertz CT molecular complexity index is 841. The van der Waals surface area contributed by atoms with Gasteiger partial charge < -0.3 is 24.3 Å². The van der Waals surface area contributed by atoms with Crippen molar-refractivity contribution in [3.63, 3.8) is 0 Å². The number of nitrogens with one attached hydrogen (secondary N) is 1. The van der Waals surface area contributed by atoms with E-state index in [1.807, 2.05) is 34.6 Å². The number of ether oxygens (including phenoxy) is 4. The molecule has 0 spiro atoms. The van der Waals surface area contributed by atoms with Crippen LogP contribution in [0.5, 0.6) is 11.5 Å². The molecule has 0 bridgehead atoms. The summed E-state index contributed by atoms with van der Waals surface area (Å²) in [5.41, 5.74) is 0.630. The lowest BCUT2D eigenvalue weighted by atomic mass is 9.81. The van der Waals surface area contributed by atoms with E-state index in [1.54, 1.807) is 6.07 Å². The second-order valence-corrected chi connectivity index (χ2v) is 9.95. The summed E-state index contributed by atoms with van der Waals surface area (Å²) < 4.78 is 23.4. The molecule has 0 radical (unpaired) electrons. The van der Waals surface area contributed by atoms with Crippen molar-refractivity contribution in [3.8, 4) is 11.5 Å². The average Bonchev–Trinajstić information content (AvgIpc) is 3.03. The molecule has 0 saturated heterocycles. The monoisotopic (exact) mass is 483 g/mol. The quantitative estimate of drug-likeness (QED) is 0.600. The fourth-order valence-corrected chi connectivity index (χ4v) is 4.56. The molecule has 2 aliphatic rings. The van der Waals surface area contributed by atoms with Crippen molar-refractivity contribution < 1.29 is 28.5 Å². The van der Waals surface area contributed by atoms with Gasteiger partial charge in [0.05, 0.1) is 17.1 Å². The summed E-state index contributed by atoms with van der Waals surface area (Å²) in [6, 6.07) is 1.78. The zero-order chi connectivity index (χ0) is 22.3. The molecule has 1 aromatic carbocycles. The van der Waals surface area contributed by atoms with Crippen molar-refractivity contribution in [2.75, 3.05) is 7.11 Å². The highest BCUT2D eigenvalue weighted by molar-refractivity contribution is 9.10. The van der Waals surface area contributed by atoms with E-state index >= 15 is 0 Å². The van der Waals surface area contributed by atoms with Crippen LogP contribution < -0.4 is 14.8 Å². The first-order valence-electron chi connectivity index (χ1n) is 10.2. The van der Waals surface area contributed by atoms with E-state index in [9.17, 15) is 9.59 Å². The SMILES string of the molecule is COC(=O)c1cc(Br)c2c(c1C)O[C@](C)(C1CCC(NC(=O)OC(C)(C)C)CC1)O2. The number of alkyl carbamates (subject to hydrolysis) is 1. The van der Waals surface area contributed by atoms with Gasteiger partial charge in [-0.3, -0.25) is 0 Å². The summed E-state index contributed by atoms with van der Waals surface area (Å²) >= 11 is 3.49. The molecule has 1 amide bonds. The molecule has 1 aliphatic carbocycles. The van der Waals surface area contributed by atoms with Gasteiger partial charge in [0.2, 0.25) is 0 Å². The molecule has 3 rings (SSSR count). The Kier molecular flexibility index (Phi) is 6.28. The lowest BCUT2D eigenvalue weighted by Crippen LogP contribution is -2.48. The number of esters is 1. The molecule has 1 fully saturated rings. The number of halogens is 1. The maximum atomic E-state index is 12.1. The first-order chi connectivity index (χ1) is 13.9. The van der Waals surface area contributed by atoms with E-state index in [0.29, 0.717) is 27.1 Å². The second kappa shape index (κ2) is 8.29. The van der Waals surface area contributed by atoms with Gasteiger partial charge in [0.1, 0.15) is 5.60 Å². The molecule has 30 heavy (non-hydrogen) atoms. The van der Waals surface area contributed by atoms with Crippen molar-refractivity contribution in [2.45, 2.75) is 77.7 Å². The number of methoxy groups -OCH3 is 1. The average molecular weight is 484 g/mol. The number of amides is 1. The topological polar surface area (TPSA) is 83.1 Å². The fourth-order valence-electron chi connectivity index (χ4n) is 4.07. The predicted octanol–water partition coefficient (Wildman–Crippen LogP) is 5.12. The van der Waals surface area contributed by atoms with Gasteiger partial charge in [-0.05, 0) is 75.4 Å². The van der Waals surface area contributed by atoms with Crippen LogP contribution in [0.3, 0.4) is 0 Å². The third kappa shape index (κ3) is 4.68. The molecular weight excluding hydrogens is 454 g/mol. The fraction of sp³-hybridized carbons (Fsp3) is 0.636. The largest absolute Gasteiger partial charge is 0.465 e. The van der Waals surface area contributed by atoms with Crippen molar-refractivity contribution in [1.82, 2.24) is 5.32 Å². The minimum absolute atomic E-state index is 0.0721. The van der Waals surface area contributed by atoms with Crippen LogP contribution in [-0.2, 0) is 9.47 Å². The van der Waals surface area contributed by atoms with Gasteiger partial charge in [0.15, 0.2) is 11.5 Å². The van der Waals surface area contributed by atoms with E-state index < -0.39 is 17.4 Å². The van der Waals surface area contributed by atoms with Crippen LogP contribution in [0.4, 0.5) is 4.79 Å². The maximum absolute atomic E-state index is 12.1. The van der Waals surface area contributed by atoms with Crippen molar-refractivity contribution >= 4 is 28.0 Å². The summed E-state index contributed by atoms with van der Waals surface area (Å²) in [5, 5.41) is 2.96. The Hall–Kier alpha value is -1.96. The molecule has 0 unspecified atom stereocenters. The highest BCUT2D eigenvalue weighted by Gasteiger charge is 2.47. The molecule has 1 heterocycles. The van der Waals surface area contributed by atoms with Crippen LogP contribution in [-0.4, -0.2) is 36.6 Å². The standard InChI is InChI=1S/C22H30BrNO6/c1-12-15(19(25)27-6)11-16(23)18-17(12)28-22(5,29-18)13-7-9-14(10-8-13)24-20(26)30-21(2,3)4/h11,13-14H,7-10H2,1-6H3,(H,24,26)/t13?,14?,22-/m0/s1. The first kappa shape index (κ1) is 22.7. The summed E-state index contributed by atoms with van der Waals surface area (Å²) in [4.78, 5) is 24.1. The van der Waals surface area contributed by atoms with Crippen LogP contribution in [0.2, 0.25) is 0 Å². The Morgan fingerprint density at radius 3 is 2.33 bits per heavy atom. The van der Waals surface area contributed by atoms with Gasteiger partial charge in [0, 0.05) is 24.4 Å². The minimum atomic E-state index is -0.832. The molecular formula is C22H30BrNO6. The second-order valence-electron chi connectivity index (χ2n) is 9.10. The number of hydrogen-bond acceptors (Lipinski definition) is 6. The highest BCUT2D eigenvalue weighted by Crippen LogP contribution is 2.51. The van der Waals surface area contributed by atoms with E-state index in [-0.39, 0.29) is 18.1 Å². The van der Waals surface area contributed by atoms with E-state index in [4.69, 9.17) is 18.9 Å². The Morgan fingerprint density at radius 1 is 1.17 bits per heavy atom. The van der Waals surface area contributed by atoms with Crippen molar-refractivity contribution in [3.05, 3.63) is 21.7 Å². The van der Waals surface area contributed by atoms with Gasteiger partial charge in [0.25, 0.3) is 5.79 Å². The molecule has 1 aromatic rings. The number of carbonyl (C=O) groups is 2. The third-order valence-electron chi connectivity index (χ3n) is 5.64. The summed E-state index contributed by atoms with van der Waals surface area (Å²) in [5.74, 6) is 0.0793. The summed E-state index contributed by atoms with van der Waals surface area (Å²) in [6.07, 6.45) is 2.93. The molecule has 8 heteroatoms. The highest BCUT2D eigenvalue weighted by atomic mass is 79.9.